The quantitative estimate of drug-likeness (QED) is 0.463. The molecule has 190 valence electrons. The van der Waals surface area contributed by atoms with Gasteiger partial charge in [-0.2, -0.15) is 0 Å². The van der Waals surface area contributed by atoms with Crippen LogP contribution < -0.4 is 25.0 Å². The summed E-state index contributed by atoms with van der Waals surface area (Å²) in [6.07, 6.45) is 1.16. The van der Waals surface area contributed by atoms with Crippen LogP contribution in [0.25, 0.3) is 0 Å². The highest BCUT2D eigenvalue weighted by Crippen LogP contribution is 2.30. The molecule has 2 saturated heterocycles. The number of fused-ring (bicyclic) bond motifs is 1. The third kappa shape index (κ3) is 4.20. The van der Waals surface area contributed by atoms with Crippen molar-refractivity contribution >= 4 is 29.6 Å². The lowest BCUT2D eigenvalue weighted by Gasteiger charge is -2.26. The van der Waals surface area contributed by atoms with Crippen molar-refractivity contribution in [3.63, 3.8) is 0 Å². The SMILES string of the molecule is COc1ccc2c(c1)C(=O)N(CC1(C#Cc3nc(N4C(=O)CCC4C)ccc3OC)NC(=O)NC1=O)C2. The number of benzene rings is 1. The van der Waals surface area contributed by atoms with Crippen LogP contribution in [0, 0.1) is 11.8 Å². The molecule has 1 aromatic carbocycles. The van der Waals surface area contributed by atoms with Crippen LogP contribution in [-0.4, -0.2) is 66.0 Å². The summed E-state index contributed by atoms with van der Waals surface area (Å²) in [6, 6.07) is 7.79. The van der Waals surface area contributed by atoms with E-state index >= 15 is 0 Å². The van der Waals surface area contributed by atoms with Gasteiger partial charge in [-0.1, -0.05) is 12.0 Å². The normalized spacial score (nSPS) is 22.4. The highest BCUT2D eigenvalue weighted by molar-refractivity contribution is 6.10. The van der Waals surface area contributed by atoms with Crippen LogP contribution >= 0.6 is 0 Å². The molecule has 2 N–H and O–H groups in total. The number of carbonyl (C=O) groups is 4. The molecular formula is C26H25N5O6. The summed E-state index contributed by atoms with van der Waals surface area (Å²) >= 11 is 0. The Morgan fingerprint density at radius 1 is 1.14 bits per heavy atom. The minimum Gasteiger partial charge on any atom is -0.497 e. The van der Waals surface area contributed by atoms with Crippen LogP contribution in [0.15, 0.2) is 30.3 Å². The predicted molar refractivity (Wildman–Crippen MR) is 131 cm³/mol. The Kier molecular flexibility index (Phi) is 5.95. The summed E-state index contributed by atoms with van der Waals surface area (Å²) in [5.41, 5.74) is -0.272. The maximum absolute atomic E-state index is 13.1. The molecule has 2 aromatic rings. The van der Waals surface area contributed by atoms with Gasteiger partial charge in [0.05, 0.1) is 20.8 Å². The molecule has 2 fully saturated rings. The van der Waals surface area contributed by atoms with Gasteiger partial charge in [-0.25, -0.2) is 9.78 Å². The van der Waals surface area contributed by atoms with Crippen molar-refractivity contribution in [2.45, 2.75) is 37.9 Å². The molecule has 11 heteroatoms. The highest BCUT2D eigenvalue weighted by atomic mass is 16.5. The van der Waals surface area contributed by atoms with Crippen molar-refractivity contribution in [3.8, 4) is 23.3 Å². The number of pyridine rings is 1. The highest BCUT2D eigenvalue weighted by Gasteiger charge is 2.48. The number of nitrogens with zero attached hydrogens (tertiary/aromatic N) is 3. The van der Waals surface area contributed by atoms with E-state index in [0.29, 0.717) is 29.3 Å². The molecular weight excluding hydrogens is 478 g/mol. The van der Waals surface area contributed by atoms with E-state index in [0.717, 1.165) is 12.0 Å². The van der Waals surface area contributed by atoms with Crippen LogP contribution in [0.5, 0.6) is 11.5 Å². The van der Waals surface area contributed by atoms with E-state index < -0.39 is 17.5 Å². The van der Waals surface area contributed by atoms with E-state index in [9.17, 15) is 19.2 Å². The monoisotopic (exact) mass is 503 g/mol. The first-order valence-electron chi connectivity index (χ1n) is 11.7. The largest absolute Gasteiger partial charge is 0.497 e. The summed E-state index contributed by atoms with van der Waals surface area (Å²) in [7, 11) is 2.97. The number of rotatable bonds is 5. The lowest BCUT2D eigenvalue weighted by molar-refractivity contribution is -0.122. The number of aromatic nitrogens is 1. The Morgan fingerprint density at radius 3 is 2.59 bits per heavy atom. The number of ether oxygens (including phenoxy) is 2. The molecule has 3 aliphatic heterocycles. The van der Waals surface area contributed by atoms with Crippen LogP contribution in [-0.2, 0) is 16.1 Å². The molecule has 2 unspecified atom stereocenters. The average molecular weight is 504 g/mol. The minimum atomic E-state index is -1.71. The van der Waals surface area contributed by atoms with Crippen molar-refractivity contribution in [1.82, 2.24) is 20.5 Å². The van der Waals surface area contributed by atoms with Gasteiger partial charge in [0.15, 0.2) is 11.4 Å². The molecule has 5 rings (SSSR count). The zero-order chi connectivity index (χ0) is 26.3. The number of hydrogen-bond acceptors (Lipinski definition) is 7. The number of methoxy groups -OCH3 is 2. The Labute approximate surface area is 213 Å². The van der Waals surface area contributed by atoms with Crippen LogP contribution in [0.4, 0.5) is 10.6 Å². The third-order valence-electron chi connectivity index (χ3n) is 6.76. The van der Waals surface area contributed by atoms with Crippen molar-refractivity contribution in [3.05, 3.63) is 47.2 Å². The summed E-state index contributed by atoms with van der Waals surface area (Å²) in [5, 5.41) is 4.80. The Balaban J connectivity index is 1.49. The van der Waals surface area contributed by atoms with Gasteiger partial charge in [0, 0.05) is 24.6 Å². The fraction of sp³-hybridized carbons (Fsp3) is 0.346. The number of anilines is 1. The van der Waals surface area contributed by atoms with Gasteiger partial charge in [0.1, 0.15) is 11.6 Å². The van der Waals surface area contributed by atoms with Crippen molar-refractivity contribution in [1.29, 1.82) is 0 Å². The van der Waals surface area contributed by atoms with Gasteiger partial charge < -0.3 is 19.7 Å². The van der Waals surface area contributed by atoms with E-state index in [-0.39, 0.29) is 36.6 Å². The number of imide groups is 1. The molecule has 0 spiro atoms. The molecule has 5 amide bonds. The number of hydrogen-bond donors (Lipinski definition) is 2. The Bertz CT molecular complexity index is 1400. The van der Waals surface area contributed by atoms with Crippen molar-refractivity contribution < 1.29 is 28.7 Å². The first kappa shape index (κ1) is 24.1. The molecule has 0 bridgehead atoms. The van der Waals surface area contributed by atoms with Gasteiger partial charge in [-0.15, -0.1) is 0 Å². The Morgan fingerprint density at radius 2 is 1.95 bits per heavy atom. The predicted octanol–water partition coefficient (Wildman–Crippen LogP) is 1.20. The van der Waals surface area contributed by atoms with Crippen molar-refractivity contribution in [2.75, 3.05) is 25.7 Å². The van der Waals surface area contributed by atoms with E-state index in [1.807, 2.05) is 6.92 Å². The summed E-state index contributed by atoms with van der Waals surface area (Å²) < 4.78 is 10.6. The zero-order valence-electron chi connectivity index (χ0n) is 20.6. The van der Waals surface area contributed by atoms with Gasteiger partial charge in [0.25, 0.3) is 11.8 Å². The fourth-order valence-corrected chi connectivity index (χ4v) is 4.78. The molecule has 0 aliphatic carbocycles. The maximum atomic E-state index is 13.1. The van der Waals surface area contributed by atoms with E-state index in [1.54, 1.807) is 35.2 Å². The standard InChI is InChI=1S/C26H25N5O6/c1-15-4-9-22(32)31(15)21-8-7-20(37-3)19(27-21)10-11-26(24(34)28-25(35)29-26)14-30-13-16-5-6-17(36-2)12-18(16)23(30)33/h5-8,12,15H,4,9,13-14H2,1-3H3,(H2,28,29,34,35). The Hall–Kier alpha value is -4.59. The molecule has 2 atom stereocenters. The van der Waals surface area contributed by atoms with Gasteiger partial charge in [0.2, 0.25) is 11.4 Å². The van der Waals surface area contributed by atoms with E-state index in [1.165, 1.54) is 19.1 Å². The molecule has 3 aliphatic rings. The maximum Gasteiger partial charge on any atom is 0.323 e. The zero-order valence-corrected chi connectivity index (χ0v) is 20.6. The average Bonchev–Trinajstić information content (AvgIpc) is 3.49. The molecule has 4 heterocycles. The van der Waals surface area contributed by atoms with Gasteiger partial charge in [-0.3, -0.25) is 24.6 Å². The van der Waals surface area contributed by atoms with E-state index in [2.05, 4.69) is 27.5 Å². The summed E-state index contributed by atoms with van der Waals surface area (Å²) in [5.74, 6) is 6.00. The fourth-order valence-electron chi connectivity index (χ4n) is 4.78. The van der Waals surface area contributed by atoms with Gasteiger partial charge >= 0.3 is 6.03 Å². The van der Waals surface area contributed by atoms with Crippen LogP contribution in [0.1, 0.15) is 41.4 Å². The van der Waals surface area contributed by atoms with E-state index in [4.69, 9.17) is 9.47 Å². The van der Waals surface area contributed by atoms with Crippen LogP contribution in [0.3, 0.4) is 0 Å². The molecule has 0 radical (unpaired) electrons. The topological polar surface area (TPSA) is 130 Å². The van der Waals surface area contributed by atoms with Crippen LogP contribution in [0.2, 0.25) is 0 Å². The first-order chi connectivity index (χ1) is 17.7. The first-order valence-corrected chi connectivity index (χ1v) is 11.7. The second kappa shape index (κ2) is 9.13. The molecule has 37 heavy (non-hydrogen) atoms. The molecule has 0 saturated carbocycles. The lowest BCUT2D eigenvalue weighted by Crippen LogP contribution is -2.54. The summed E-state index contributed by atoms with van der Waals surface area (Å²) in [6.45, 7) is 2.00. The number of nitrogens with one attached hydrogen (secondary N) is 2. The second-order valence-electron chi connectivity index (χ2n) is 9.12. The van der Waals surface area contributed by atoms with Crippen molar-refractivity contribution in [2.24, 2.45) is 0 Å². The number of amides is 5. The smallest absolute Gasteiger partial charge is 0.323 e. The summed E-state index contributed by atoms with van der Waals surface area (Å²) in [4.78, 5) is 58.2. The minimum absolute atomic E-state index is 0.0121. The number of carbonyl (C=O) groups excluding carboxylic acids is 4. The molecule has 1 aromatic heterocycles. The second-order valence-corrected chi connectivity index (χ2v) is 9.12. The number of urea groups is 1. The van der Waals surface area contributed by atoms with Gasteiger partial charge in [-0.05, 0) is 49.1 Å². The lowest BCUT2D eigenvalue weighted by atomic mass is 9.99. The third-order valence-corrected chi connectivity index (χ3v) is 6.76. The molecule has 11 nitrogen and oxygen atoms in total.